The van der Waals surface area contributed by atoms with E-state index in [1.807, 2.05) is 0 Å². The fraction of sp³-hybridized carbons (Fsp3) is 0.500. The lowest BCUT2D eigenvalue weighted by Gasteiger charge is -1.76. The van der Waals surface area contributed by atoms with Crippen molar-refractivity contribution < 1.29 is 5.21 Å². The number of oxime groups is 1. The van der Waals surface area contributed by atoms with E-state index in [2.05, 4.69) is 5.16 Å². The second-order valence-electron chi connectivity index (χ2n) is 0.610. The zero-order chi connectivity index (χ0) is 4.99. The third kappa shape index (κ3) is 2.30. The summed E-state index contributed by atoms with van der Waals surface area (Å²) in [5.41, 5.74) is 0. The van der Waals surface area contributed by atoms with Gasteiger partial charge < -0.3 is 5.21 Å². The number of rotatable bonds is 1. The molecule has 0 aliphatic heterocycles. The molecule has 1 N–H and O–H groups in total. The van der Waals surface area contributed by atoms with E-state index in [0.29, 0.717) is 0 Å². The van der Waals surface area contributed by atoms with Crippen molar-refractivity contribution in [1.82, 2.24) is 0 Å². The van der Waals surface area contributed by atoms with Crippen LogP contribution in [0, 0.1) is 0 Å². The third-order valence-electron chi connectivity index (χ3n) is 0.219. The van der Waals surface area contributed by atoms with Gasteiger partial charge >= 0.3 is 0 Å². The summed E-state index contributed by atoms with van der Waals surface area (Å²) in [6.45, 7) is 0. The predicted molar refractivity (Wildman–Crippen MR) is 25.8 cm³/mol. The molecule has 0 bridgehead atoms. The van der Waals surface area contributed by atoms with Crippen molar-refractivity contribution >= 4 is 28.4 Å². The molecule has 0 unspecified atom stereocenters. The van der Waals surface area contributed by atoms with Crippen LogP contribution in [0.25, 0.3) is 0 Å². The summed E-state index contributed by atoms with van der Waals surface area (Å²) in [4.78, 5) is 0. The molecule has 0 rings (SSSR count). The van der Waals surface area contributed by atoms with Crippen LogP contribution in [0.3, 0.4) is 0 Å². The summed E-state index contributed by atoms with van der Waals surface area (Å²) in [5, 5.41) is 10.3. The van der Waals surface area contributed by atoms with Crippen LogP contribution in [0.2, 0.25) is 0 Å². The Bertz CT molecular complexity index is 62.6. The standard InChI is InChI=1S/C2H3Cl2NO/c3-1-2(4)5-6/h6H,1H2/b5-2-. The zero-order valence-electron chi connectivity index (χ0n) is 2.86. The predicted octanol–water partition coefficient (Wildman–Crippen LogP) is 1.25. The molecule has 0 aromatic carbocycles. The average molecular weight is 128 g/mol. The topological polar surface area (TPSA) is 32.6 Å². The molecule has 0 fully saturated rings. The molecule has 0 aliphatic carbocycles. The highest BCUT2D eigenvalue weighted by Crippen LogP contribution is 1.85. The molecule has 4 heteroatoms. The second kappa shape index (κ2) is 3.25. The van der Waals surface area contributed by atoms with Gasteiger partial charge in [-0.2, -0.15) is 0 Å². The smallest absolute Gasteiger partial charge is 0.160 e. The van der Waals surface area contributed by atoms with E-state index in [9.17, 15) is 0 Å². The van der Waals surface area contributed by atoms with Crippen LogP contribution in [-0.4, -0.2) is 16.3 Å². The van der Waals surface area contributed by atoms with Crippen molar-refractivity contribution in [1.29, 1.82) is 0 Å². The lowest BCUT2D eigenvalue weighted by atomic mass is 10.9. The lowest BCUT2D eigenvalue weighted by molar-refractivity contribution is 0.320. The quantitative estimate of drug-likeness (QED) is 0.245. The van der Waals surface area contributed by atoms with Crippen molar-refractivity contribution in [2.75, 3.05) is 5.88 Å². The Morgan fingerprint density at radius 3 is 2.33 bits per heavy atom. The fourth-order valence-corrected chi connectivity index (χ4v) is 0.0802. The Labute approximate surface area is 45.4 Å². The molecule has 0 atom stereocenters. The number of hydrogen-bond acceptors (Lipinski definition) is 2. The van der Waals surface area contributed by atoms with Gasteiger partial charge in [-0.25, -0.2) is 0 Å². The van der Waals surface area contributed by atoms with Crippen LogP contribution in [-0.2, 0) is 0 Å². The van der Waals surface area contributed by atoms with Crippen LogP contribution in [0.1, 0.15) is 0 Å². The van der Waals surface area contributed by atoms with Crippen molar-refractivity contribution in [3.8, 4) is 0 Å². The molecule has 0 aromatic rings. The highest BCUT2D eigenvalue weighted by atomic mass is 35.5. The number of alkyl halides is 1. The Morgan fingerprint density at radius 2 is 2.33 bits per heavy atom. The molecule has 36 valence electrons. The minimum absolute atomic E-state index is 0.0108. The van der Waals surface area contributed by atoms with Gasteiger partial charge in [-0.05, 0) is 0 Å². The summed E-state index contributed by atoms with van der Waals surface area (Å²) >= 11 is 10.0. The third-order valence-corrected chi connectivity index (χ3v) is 0.818. The minimum Gasteiger partial charge on any atom is -0.410 e. The minimum atomic E-state index is 0.0108. The fourth-order valence-electron chi connectivity index (χ4n) is 0.0267. The lowest BCUT2D eigenvalue weighted by Crippen LogP contribution is -1.84. The van der Waals surface area contributed by atoms with Gasteiger partial charge in [0.25, 0.3) is 0 Å². The maximum absolute atomic E-state index is 7.71. The highest BCUT2D eigenvalue weighted by molar-refractivity contribution is 6.69. The molecule has 6 heavy (non-hydrogen) atoms. The summed E-state index contributed by atoms with van der Waals surface area (Å²) in [6, 6.07) is 0. The van der Waals surface area contributed by atoms with Gasteiger partial charge in [0, 0.05) is 0 Å². The van der Waals surface area contributed by atoms with Gasteiger partial charge in [-0.3, -0.25) is 0 Å². The van der Waals surface area contributed by atoms with Gasteiger partial charge in [-0.1, -0.05) is 16.8 Å². The molecule has 0 heterocycles. The largest absolute Gasteiger partial charge is 0.410 e. The van der Waals surface area contributed by atoms with E-state index in [1.165, 1.54) is 0 Å². The normalized spacial score (nSPS) is 12.0. The number of nitrogens with zero attached hydrogens (tertiary/aromatic N) is 1. The summed E-state index contributed by atoms with van der Waals surface area (Å²) in [6.07, 6.45) is 0. The number of hydrogen-bond donors (Lipinski definition) is 1. The van der Waals surface area contributed by atoms with Crippen molar-refractivity contribution in [3.63, 3.8) is 0 Å². The van der Waals surface area contributed by atoms with Crippen LogP contribution in [0.15, 0.2) is 5.16 Å². The first-order chi connectivity index (χ1) is 2.81. The molecule has 0 aliphatic rings. The van der Waals surface area contributed by atoms with Crippen LogP contribution in [0.5, 0.6) is 0 Å². The molecule has 0 amide bonds. The summed E-state index contributed by atoms with van der Waals surface area (Å²) in [7, 11) is 0. The molecular formula is C2H3Cl2NO. The maximum atomic E-state index is 7.71. The van der Waals surface area contributed by atoms with Gasteiger partial charge in [0.05, 0.1) is 5.88 Å². The first-order valence-electron chi connectivity index (χ1n) is 1.23. The van der Waals surface area contributed by atoms with Gasteiger partial charge in [-0.15, -0.1) is 11.6 Å². The highest BCUT2D eigenvalue weighted by Gasteiger charge is 1.84. The maximum Gasteiger partial charge on any atom is 0.160 e. The Morgan fingerprint density at radius 1 is 1.83 bits per heavy atom. The van der Waals surface area contributed by atoms with Gasteiger partial charge in [0.15, 0.2) is 5.17 Å². The molecule has 0 radical (unpaired) electrons. The van der Waals surface area contributed by atoms with Crippen LogP contribution < -0.4 is 0 Å². The molecule has 2 nitrogen and oxygen atoms in total. The summed E-state index contributed by atoms with van der Waals surface area (Å²) < 4.78 is 0. The van der Waals surface area contributed by atoms with Gasteiger partial charge in [0.2, 0.25) is 0 Å². The first-order valence-corrected chi connectivity index (χ1v) is 2.15. The van der Waals surface area contributed by atoms with Crippen LogP contribution >= 0.6 is 23.2 Å². The van der Waals surface area contributed by atoms with Gasteiger partial charge in [0.1, 0.15) is 0 Å². The van der Waals surface area contributed by atoms with Crippen LogP contribution in [0.4, 0.5) is 0 Å². The Balaban J connectivity index is 3.22. The first kappa shape index (κ1) is 6.05. The number of halogens is 2. The van der Waals surface area contributed by atoms with E-state index in [4.69, 9.17) is 28.4 Å². The molecule has 0 saturated carbocycles. The van der Waals surface area contributed by atoms with Crippen molar-refractivity contribution in [2.24, 2.45) is 5.16 Å². The second-order valence-corrected chi connectivity index (χ2v) is 1.31. The van der Waals surface area contributed by atoms with Crippen molar-refractivity contribution in [3.05, 3.63) is 0 Å². The monoisotopic (exact) mass is 127 g/mol. The molecular weight excluding hydrogens is 125 g/mol. The van der Waals surface area contributed by atoms with E-state index in [-0.39, 0.29) is 11.1 Å². The molecule has 0 aromatic heterocycles. The summed E-state index contributed by atoms with van der Waals surface area (Å²) in [5.74, 6) is 0.0675. The SMILES string of the molecule is O/N=C(\Cl)CCl. The van der Waals surface area contributed by atoms with E-state index < -0.39 is 0 Å². The van der Waals surface area contributed by atoms with Crippen molar-refractivity contribution in [2.45, 2.75) is 0 Å². The Hall–Kier alpha value is 0.0500. The van der Waals surface area contributed by atoms with E-state index in [1.54, 1.807) is 0 Å². The van der Waals surface area contributed by atoms with E-state index >= 15 is 0 Å². The average Bonchev–Trinajstić information content (AvgIpc) is 1.65. The molecule has 0 saturated heterocycles. The zero-order valence-corrected chi connectivity index (χ0v) is 4.37. The van der Waals surface area contributed by atoms with E-state index in [0.717, 1.165) is 0 Å². The Kier molecular flexibility index (Phi) is 3.28. The molecule has 0 spiro atoms.